The maximum absolute atomic E-state index is 13.1. The van der Waals surface area contributed by atoms with Gasteiger partial charge in [-0.1, -0.05) is 26.0 Å². The lowest BCUT2D eigenvalue weighted by Gasteiger charge is -2.35. The molecule has 0 saturated carbocycles. The third-order valence-corrected chi connectivity index (χ3v) is 5.29. The van der Waals surface area contributed by atoms with Crippen molar-refractivity contribution in [2.24, 2.45) is 5.92 Å². The Morgan fingerprint density at radius 2 is 1.76 bits per heavy atom. The third-order valence-electron chi connectivity index (χ3n) is 5.29. The maximum atomic E-state index is 13.1. The van der Waals surface area contributed by atoms with Crippen LogP contribution in [0.2, 0.25) is 0 Å². The zero-order valence-corrected chi connectivity index (χ0v) is 19.1. The predicted octanol–water partition coefficient (Wildman–Crippen LogP) is 4.64. The highest BCUT2D eigenvalue weighted by Crippen LogP contribution is 2.32. The topological polar surface area (TPSA) is 87.7 Å². The molecule has 0 saturated heterocycles. The zero-order valence-electron chi connectivity index (χ0n) is 19.1. The Labute approximate surface area is 192 Å². The summed E-state index contributed by atoms with van der Waals surface area (Å²) in [7, 11) is 0. The Bertz CT molecular complexity index is 1060. The molecule has 1 atom stereocenters. The van der Waals surface area contributed by atoms with Crippen LogP contribution in [0, 0.1) is 11.7 Å². The van der Waals surface area contributed by atoms with Crippen LogP contribution in [-0.2, 0) is 9.53 Å². The molecule has 3 amide bonds. The number of hydrogen-bond acceptors (Lipinski definition) is 4. The van der Waals surface area contributed by atoms with Crippen LogP contribution in [0.15, 0.2) is 59.8 Å². The molecule has 2 aromatic carbocycles. The van der Waals surface area contributed by atoms with Crippen molar-refractivity contribution < 1.29 is 23.5 Å². The number of carbonyl (C=O) groups excluding carboxylic acids is 3. The molecule has 0 radical (unpaired) electrons. The second-order valence-corrected chi connectivity index (χ2v) is 8.20. The first-order valence-electron chi connectivity index (χ1n) is 10.8. The molecule has 1 aliphatic heterocycles. The molecule has 3 rings (SSSR count). The van der Waals surface area contributed by atoms with Gasteiger partial charge in [0.1, 0.15) is 5.82 Å². The minimum atomic E-state index is -0.679. The molecular weight excluding hydrogens is 425 g/mol. The smallest absolute Gasteiger partial charge is 0.338 e. The molecule has 7 nitrogen and oxygen atoms in total. The van der Waals surface area contributed by atoms with Crippen LogP contribution in [0.4, 0.5) is 14.9 Å². The molecule has 2 N–H and O–H groups in total. The predicted molar refractivity (Wildman–Crippen MR) is 123 cm³/mol. The number of hydrogen-bond donors (Lipinski definition) is 2. The summed E-state index contributed by atoms with van der Waals surface area (Å²) in [5.74, 6) is -1.09. The Morgan fingerprint density at radius 3 is 2.33 bits per heavy atom. The van der Waals surface area contributed by atoms with E-state index in [0.29, 0.717) is 34.6 Å². The van der Waals surface area contributed by atoms with Crippen molar-refractivity contribution in [3.05, 3.63) is 76.7 Å². The summed E-state index contributed by atoms with van der Waals surface area (Å²) >= 11 is 0. The highest BCUT2D eigenvalue weighted by Gasteiger charge is 2.36. The van der Waals surface area contributed by atoms with Crippen LogP contribution >= 0.6 is 0 Å². The summed E-state index contributed by atoms with van der Waals surface area (Å²) in [5, 5.41) is 5.63. The van der Waals surface area contributed by atoms with Gasteiger partial charge in [-0.2, -0.15) is 0 Å². The molecular formula is C25H28FN3O4. The summed E-state index contributed by atoms with van der Waals surface area (Å²) in [6.07, 6.45) is 0. The number of benzene rings is 2. The van der Waals surface area contributed by atoms with Gasteiger partial charge in [-0.05, 0) is 61.7 Å². The normalized spacial score (nSPS) is 16.0. The number of carbonyl (C=O) groups is 3. The Kier molecular flexibility index (Phi) is 7.48. The number of nitrogens with zero attached hydrogens (tertiary/aromatic N) is 1. The van der Waals surface area contributed by atoms with E-state index in [1.807, 2.05) is 20.8 Å². The maximum Gasteiger partial charge on any atom is 0.338 e. The lowest BCUT2D eigenvalue weighted by atomic mass is 9.94. The molecule has 1 unspecified atom stereocenters. The number of esters is 1. The quantitative estimate of drug-likeness (QED) is 0.598. The summed E-state index contributed by atoms with van der Waals surface area (Å²) in [5.41, 5.74) is 2.45. The second kappa shape index (κ2) is 10.3. The number of allylic oxidation sites excluding steroid dienone is 1. The molecule has 0 aromatic heterocycles. The van der Waals surface area contributed by atoms with Crippen LogP contribution in [-0.4, -0.2) is 36.0 Å². The van der Waals surface area contributed by atoms with Crippen molar-refractivity contribution >= 4 is 23.6 Å². The van der Waals surface area contributed by atoms with E-state index >= 15 is 0 Å². The van der Waals surface area contributed by atoms with Crippen LogP contribution < -0.4 is 10.6 Å². The lowest BCUT2D eigenvalue weighted by Crippen LogP contribution is -2.47. The number of halogens is 1. The number of nitrogens with one attached hydrogen (secondary N) is 2. The fourth-order valence-corrected chi connectivity index (χ4v) is 3.56. The van der Waals surface area contributed by atoms with E-state index in [9.17, 15) is 18.8 Å². The fraction of sp³-hybridized carbons (Fsp3) is 0.320. The van der Waals surface area contributed by atoms with Gasteiger partial charge in [-0.3, -0.25) is 9.69 Å². The van der Waals surface area contributed by atoms with Gasteiger partial charge in [0.05, 0.1) is 18.2 Å². The number of urea groups is 1. The summed E-state index contributed by atoms with van der Waals surface area (Å²) < 4.78 is 18.5. The van der Waals surface area contributed by atoms with Gasteiger partial charge in [0.15, 0.2) is 0 Å². The lowest BCUT2D eigenvalue weighted by molar-refractivity contribution is -0.140. The third kappa shape index (κ3) is 5.58. The van der Waals surface area contributed by atoms with Crippen molar-refractivity contribution in [3.8, 4) is 0 Å². The number of rotatable bonds is 7. The first-order valence-corrected chi connectivity index (χ1v) is 10.8. The SMILES string of the molecule is CCN1C(=O)NC(c2ccc(NC(=O)c3ccc(F)cc3)cc2)C(C(=O)OCC(C)C)=C1C. The number of ether oxygens (including phenoxy) is 1. The molecule has 174 valence electrons. The van der Waals surface area contributed by atoms with E-state index in [-0.39, 0.29) is 24.5 Å². The van der Waals surface area contributed by atoms with Gasteiger partial charge < -0.3 is 15.4 Å². The van der Waals surface area contributed by atoms with Crippen molar-refractivity contribution in [2.45, 2.75) is 33.7 Å². The van der Waals surface area contributed by atoms with E-state index in [0.717, 1.165) is 0 Å². The first kappa shape index (κ1) is 24.0. The average molecular weight is 454 g/mol. The molecule has 8 heteroatoms. The number of amides is 3. The van der Waals surface area contributed by atoms with Gasteiger partial charge in [0, 0.05) is 23.5 Å². The first-order chi connectivity index (χ1) is 15.7. The number of anilines is 1. The summed E-state index contributed by atoms with van der Waals surface area (Å²) in [6.45, 7) is 8.16. The highest BCUT2D eigenvalue weighted by atomic mass is 19.1. The zero-order chi connectivity index (χ0) is 24.1. The van der Waals surface area contributed by atoms with Crippen molar-refractivity contribution in [3.63, 3.8) is 0 Å². The van der Waals surface area contributed by atoms with E-state index in [4.69, 9.17) is 4.74 Å². The molecule has 33 heavy (non-hydrogen) atoms. The molecule has 2 aromatic rings. The molecule has 0 bridgehead atoms. The van der Waals surface area contributed by atoms with Crippen LogP contribution in [0.5, 0.6) is 0 Å². The monoisotopic (exact) mass is 453 g/mol. The average Bonchev–Trinajstić information content (AvgIpc) is 2.78. The Balaban J connectivity index is 1.84. The van der Waals surface area contributed by atoms with Gasteiger partial charge in [-0.25, -0.2) is 14.0 Å². The standard InChI is InChI=1S/C25H28FN3O4/c1-5-29-16(4)21(24(31)33-14-15(2)3)22(28-25(29)32)17-8-12-20(13-9-17)27-23(30)18-6-10-19(26)11-7-18/h6-13,15,22H,5,14H2,1-4H3,(H,27,30)(H,28,32). The van der Waals surface area contributed by atoms with Gasteiger partial charge in [-0.15, -0.1) is 0 Å². The summed E-state index contributed by atoms with van der Waals surface area (Å²) in [6, 6.07) is 11.1. The van der Waals surface area contributed by atoms with E-state index < -0.39 is 17.8 Å². The van der Waals surface area contributed by atoms with Crippen molar-refractivity contribution in [2.75, 3.05) is 18.5 Å². The van der Waals surface area contributed by atoms with Crippen LogP contribution in [0.25, 0.3) is 0 Å². The van der Waals surface area contributed by atoms with Gasteiger partial charge in [0.2, 0.25) is 0 Å². The largest absolute Gasteiger partial charge is 0.462 e. The van der Waals surface area contributed by atoms with E-state index in [1.165, 1.54) is 29.2 Å². The molecule has 1 aliphatic rings. The fourth-order valence-electron chi connectivity index (χ4n) is 3.56. The van der Waals surface area contributed by atoms with Gasteiger partial charge >= 0.3 is 12.0 Å². The highest BCUT2D eigenvalue weighted by molar-refractivity contribution is 6.04. The molecule has 0 aliphatic carbocycles. The Morgan fingerprint density at radius 1 is 1.12 bits per heavy atom. The second-order valence-electron chi connectivity index (χ2n) is 8.20. The molecule has 0 fully saturated rings. The van der Waals surface area contributed by atoms with Crippen LogP contribution in [0.1, 0.15) is 49.7 Å². The van der Waals surface area contributed by atoms with E-state index in [2.05, 4.69) is 10.6 Å². The minimum Gasteiger partial charge on any atom is -0.462 e. The minimum absolute atomic E-state index is 0.178. The summed E-state index contributed by atoms with van der Waals surface area (Å²) in [4.78, 5) is 39.4. The van der Waals surface area contributed by atoms with Crippen molar-refractivity contribution in [1.29, 1.82) is 0 Å². The Hall–Kier alpha value is -3.68. The molecule has 0 spiro atoms. The van der Waals surface area contributed by atoms with E-state index in [1.54, 1.807) is 31.2 Å². The van der Waals surface area contributed by atoms with Gasteiger partial charge in [0.25, 0.3) is 5.91 Å². The van der Waals surface area contributed by atoms with Crippen LogP contribution in [0.3, 0.4) is 0 Å². The molecule has 1 heterocycles. The van der Waals surface area contributed by atoms with Crippen molar-refractivity contribution in [1.82, 2.24) is 10.2 Å².